The maximum atomic E-state index is 9.06. The maximum absolute atomic E-state index is 9.06. The topological polar surface area (TPSA) is 118 Å². The molecular weight excluding hydrogens is 327 g/mol. The minimum Gasteiger partial charge on any atom is -0.759 e. The van der Waals surface area contributed by atoms with E-state index in [1.807, 2.05) is 25.1 Å². The Morgan fingerprint density at radius 1 is 1.09 bits per heavy atom. The van der Waals surface area contributed by atoms with Crippen LogP contribution in [0.3, 0.4) is 0 Å². The van der Waals surface area contributed by atoms with E-state index in [0.29, 0.717) is 22.1 Å². The van der Waals surface area contributed by atoms with Crippen LogP contribution in [-0.2, 0) is 12.6 Å². The summed E-state index contributed by atoms with van der Waals surface area (Å²) in [4.78, 5) is 4.24. The second kappa shape index (κ2) is 10.4. The number of aromatic nitrogens is 1. The number of nitriles is 1. The van der Waals surface area contributed by atoms with E-state index in [4.69, 9.17) is 27.4 Å². The number of nitrogens with zero attached hydrogens (tertiary/aromatic N) is 2. The molecule has 4 N–H and O–H groups in total. The van der Waals surface area contributed by atoms with Gasteiger partial charge in [-0.1, -0.05) is 11.1 Å². The molecule has 2 rings (SSSR count). The van der Waals surface area contributed by atoms with E-state index in [0.717, 1.165) is 16.8 Å². The average Bonchev–Trinajstić information content (AvgIpc) is 2.46. The van der Waals surface area contributed by atoms with Crippen molar-refractivity contribution in [1.82, 2.24) is 4.98 Å². The van der Waals surface area contributed by atoms with E-state index in [-0.39, 0.29) is 40.5 Å². The maximum Gasteiger partial charge on any atom is 1.00 e. The van der Waals surface area contributed by atoms with Gasteiger partial charge in [-0.25, -0.2) is 0 Å². The van der Waals surface area contributed by atoms with Crippen molar-refractivity contribution < 1.29 is 50.0 Å². The van der Waals surface area contributed by atoms with Crippen molar-refractivity contribution in [2.45, 2.75) is 11.9 Å². The molecule has 0 aliphatic carbocycles. The fraction of sp³-hybridized carbons (Fsp3) is 0.200. The first-order chi connectivity index (χ1) is 9.60. The van der Waals surface area contributed by atoms with Gasteiger partial charge in [-0.15, -0.1) is 0 Å². The zero-order chi connectivity index (χ0) is 14.7. The molecule has 1 aromatic heterocycles. The minimum absolute atomic E-state index is 0. The van der Waals surface area contributed by atoms with Gasteiger partial charge in [-0.05, 0) is 30.7 Å². The van der Waals surface area contributed by atoms with Crippen LogP contribution in [0.15, 0.2) is 29.3 Å². The second-order valence-electron chi connectivity index (χ2n) is 4.16. The average molecular weight is 344 g/mol. The Kier molecular flexibility index (Phi) is 10.8. The van der Waals surface area contributed by atoms with Gasteiger partial charge >= 0.3 is 29.6 Å². The molecule has 8 heteroatoms. The van der Waals surface area contributed by atoms with Crippen molar-refractivity contribution in [3.63, 3.8) is 0 Å². The molecular formula is C15H17N2NaO4S. The van der Waals surface area contributed by atoms with E-state index in [2.05, 4.69) is 11.1 Å². The number of hydrogen-bond donors (Lipinski definition) is 0. The Bertz CT molecular complexity index is 705. The van der Waals surface area contributed by atoms with Gasteiger partial charge < -0.3 is 33.1 Å². The summed E-state index contributed by atoms with van der Waals surface area (Å²) in [7, 11) is 3.17. The fourth-order valence-corrected chi connectivity index (χ4v) is 2.20. The van der Waals surface area contributed by atoms with Crippen molar-refractivity contribution in [1.29, 1.82) is 5.26 Å². The Labute approximate surface area is 162 Å². The van der Waals surface area contributed by atoms with Gasteiger partial charge in [0.2, 0.25) is 0 Å². The summed E-state index contributed by atoms with van der Waals surface area (Å²) in [6, 6.07) is 9.39. The third-order valence-corrected chi connectivity index (χ3v) is 3.30. The van der Waals surface area contributed by atoms with Gasteiger partial charge in [0.1, 0.15) is 0 Å². The summed E-state index contributed by atoms with van der Waals surface area (Å²) < 4.78 is 10.5. The van der Waals surface area contributed by atoms with Crippen molar-refractivity contribution in [3.05, 3.63) is 35.5 Å². The molecule has 0 radical (unpaired) electrons. The number of pyridine rings is 1. The zero-order valence-electron chi connectivity index (χ0n) is 13.4. The summed E-state index contributed by atoms with van der Waals surface area (Å²) in [6.07, 6.45) is 0. The normalized spacial score (nSPS) is 8.61. The molecule has 2 aromatic rings. The second-order valence-corrected chi connectivity index (χ2v) is 4.54. The first-order valence-electron chi connectivity index (χ1n) is 5.92. The third-order valence-electron chi connectivity index (χ3n) is 2.99. The first-order valence-corrected chi connectivity index (χ1v) is 6.32. The van der Waals surface area contributed by atoms with Crippen LogP contribution in [0.5, 0.6) is 11.5 Å². The van der Waals surface area contributed by atoms with Crippen LogP contribution in [-0.4, -0.2) is 30.2 Å². The number of ether oxygens (including phenoxy) is 2. The summed E-state index contributed by atoms with van der Waals surface area (Å²) in [5, 5.41) is 9.39. The molecule has 0 spiro atoms. The van der Waals surface area contributed by atoms with Gasteiger partial charge in [0.15, 0.2) is 11.5 Å². The number of benzene rings is 1. The number of hydrogen-bond acceptors (Lipinski definition) is 5. The summed E-state index contributed by atoms with van der Waals surface area (Å²) >= 11 is 5.06. The standard InChI is InChI=1S/C15H14N2O2S.Na.2H2O/c1-9-12(6-11(8-16)15(20)17-9)10-4-5-13(18-2)14(7-10)19-3;;;/h4-7H,1-3H3,(H,17,20);;2*1H2/q;+1;;/p-1. The number of methoxy groups -OCH3 is 2. The van der Waals surface area contributed by atoms with E-state index < -0.39 is 0 Å². The predicted octanol–water partition coefficient (Wildman–Crippen LogP) is -1.79. The molecule has 1 aromatic carbocycles. The van der Waals surface area contributed by atoms with E-state index in [9.17, 15) is 0 Å². The van der Waals surface area contributed by atoms with E-state index in [1.165, 1.54) is 0 Å². The molecule has 0 aliphatic rings. The van der Waals surface area contributed by atoms with Crippen LogP contribution in [0.4, 0.5) is 0 Å². The summed E-state index contributed by atoms with van der Waals surface area (Å²) in [6.45, 7) is 1.86. The van der Waals surface area contributed by atoms with Crippen LogP contribution in [0.2, 0.25) is 0 Å². The van der Waals surface area contributed by atoms with Gasteiger partial charge in [-0.3, -0.25) is 4.98 Å². The molecule has 0 amide bonds. The quantitative estimate of drug-likeness (QED) is 0.481. The molecule has 118 valence electrons. The van der Waals surface area contributed by atoms with Gasteiger partial charge in [0, 0.05) is 11.3 Å². The first kappa shape index (κ1) is 23.9. The third kappa shape index (κ3) is 5.04. The predicted molar refractivity (Wildman–Crippen MR) is 85.1 cm³/mol. The molecule has 0 aliphatic heterocycles. The molecule has 0 bridgehead atoms. The molecule has 0 fully saturated rings. The SMILES string of the molecule is COc1ccc(-c2cc(C#N)c([S-])nc2C)cc1OC.O.O.[Na+]. The van der Waals surface area contributed by atoms with Crippen LogP contribution in [0.1, 0.15) is 11.3 Å². The Hall–Kier alpha value is -1.40. The van der Waals surface area contributed by atoms with Crippen LogP contribution >= 0.6 is 0 Å². The molecule has 0 saturated carbocycles. The monoisotopic (exact) mass is 344 g/mol. The van der Waals surface area contributed by atoms with Gasteiger partial charge in [0.25, 0.3) is 0 Å². The number of rotatable bonds is 3. The Balaban J connectivity index is 0. The summed E-state index contributed by atoms with van der Waals surface area (Å²) in [5.41, 5.74) is 2.94. The molecule has 0 unspecified atom stereocenters. The largest absolute Gasteiger partial charge is 1.00 e. The van der Waals surface area contributed by atoms with Gasteiger partial charge in [0.05, 0.1) is 25.9 Å². The van der Waals surface area contributed by atoms with E-state index in [1.54, 1.807) is 20.3 Å². The van der Waals surface area contributed by atoms with Crippen LogP contribution in [0.25, 0.3) is 11.1 Å². The van der Waals surface area contributed by atoms with E-state index >= 15 is 0 Å². The van der Waals surface area contributed by atoms with Crippen LogP contribution in [0, 0.1) is 18.3 Å². The molecule has 0 atom stereocenters. The zero-order valence-corrected chi connectivity index (χ0v) is 16.2. The molecule has 6 nitrogen and oxygen atoms in total. The van der Waals surface area contributed by atoms with Gasteiger partial charge in [-0.2, -0.15) is 5.26 Å². The van der Waals surface area contributed by atoms with Crippen molar-refractivity contribution in [3.8, 4) is 28.7 Å². The molecule has 1 heterocycles. The molecule has 0 saturated heterocycles. The van der Waals surface area contributed by atoms with Crippen molar-refractivity contribution in [2.24, 2.45) is 0 Å². The fourth-order valence-electron chi connectivity index (χ4n) is 1.96. The van der Waals surface area contributed by atoms with Crippen molar-refractivity contribution >= 4 is 12.6 Å². The Morgan fingerprint density at radius 2 is 1.70 bits per heavy atom. The van der Waals surface area contributed by atoms with Crippen LogP contribution < -0.4 is 39.0 Å². The van der Waals surface area contributed by atoms with Crippen molar-refractivity contribution in [2.75, 3.05) is 14.2 Å². The smallest absolute Gasteiger partial charge is 0.759 e. The summed E-state index contributed by atoms with van der Waals surface area (Å²) in [5.74, 6) is 1.28. The number of aryl methyl sites for hydroxylation is 1. The molecule has 23 heavy (non-hydrogen) atoms. The minimum atomic E-state index is 0. The Morgan fingerprint density at radius 3 is 2.22 bits per heavy atom.